The molecule has 3 N–H and O–H groups in total. The molecule has 1 aliphatic carbocycles. The Labute approximate surface area is 104 Å². The first-order valence-corrected chi connectivity index (χ1v) is 7.41. The van der Waals surface area contributed by atoms with Gasteiger partial charge in [-0.25, -0.2) is 0 Å². The van der Waals surface area contributed by atoms with Gasteiger partial charge in [0.15, 0.2) is 0 Å². The van der Waals surface area contributed by atoms with Gasteiger partial charge in [0.25, 0.3) is 0 Å². The first kappa shape index (κ1) is 14.3. The highest BCUT2D eigenvalue weighted by Gasteiger charge is 2.31. The second-order valence-electron chi connectivity index (χ2n) is 6.01. The van der Waals surface area contributed by atoms with E-state index in [1.807, 2.05) is 11.8 Å². The molecule has 0 aliphatic heterocycles. The van der Waals surface area contributed by atoms with Gasteiger partial charge in [-0.15, -0.1) is 0 Å². The largest absolute Gasteiger partial charge is 0.395 e. The summed E-state index contributed by atoms with van der Waals surface area (Å²) in [6.07, 6.45) is 6.68. The van der Waals surface area contributed by atoms with E-state index in [-0.39, 0.29) is 23.3 Å². The van der Waals surface area contributed by atoms with Crippen molar-refractivity contribution < 1.29 is 5.11 Å². The molecule has 0 heterocycles. The summed E-state index contributed by atoms with van der Waals surface area (Å²) >= 11 is 1.93. The van der Waals surface area contributed by atoms with Gasteiger partial charge < -0.3 is 10.8 Å². The van der Waals surface area contributed by atoms with E-state index in [1.54, 1.807) is 0 Å². The van der Waals surface area contributed by atoms with Crippen molar-refractivity contribution in [3.05, 3.63) is 0 Å². The Hall–Kier alpha value is 0.270. The summed E-state index contributed by atoms with van der Waals surface area (Å²) in [6.45, 7) is 6.67. The summed E-state index contributed by atoms with van der Waals surface area (Å²) in [5.41, 5.74) is 6.32. The van der Waals surface area contributed by atoms with Crippen molar-refractivity contribution >= 4 is 11.8 Å². The first-order valence-electron chi connectivity index (χ1n) is 6.47. The Morgan fingerprint density at radius 3 is 2.25 bits per heavy atom. The van der Waals surface area contributed by atoms with Crippen LogP contribution in [0.2, 0.25) is 0 Å². The molecule has 0 spiro atoms. The zero-order valence-corrected chi connectivity index (χ0v) is 11.7. The maximum Gasteiger partial charge on any atom is 0.0565 e. The van der Waals surface area contributed by atoms with Crippen LogP contribution in [0.25, 0.3) is 0 Å². The van der Waals surface area contributed by atoms with Gasteiger partial charge in [-0.05, 0) is 18.3 Å². The van der Waals surface area contributed by atoms with Crippen LogP contribution in [0.15, 0.2) is 0 Å². The average Bonchev–Trinajstić information content (AvgIpc) is 2.25. The van der Waals surface area contributed by atoms with Crippen LogP contribution in [0.5, 0.6) is 0 Å². The van der Waals surface area contributed by atoms with E-state index in [1.165, 1.54) is 32.1 Å². The third-order valence-corrected chi connectivity index (χ3v) is 5.15. The Kier molecular flexibility index (Phi) is 5.62. The monoisotopic (exact) mass is 245 g/mol. The number of hydrogen-bond donors (Lipinski definition) is 2. The van der Waals surface area contributed by atoms with E-state index >= 15 is 0 Å². The Bertz CT molecular complexity index is 197. The topological polar surface area (TPSA) is 46.2 Å². The third kappa shape index (κ3) is 4.27. The van der Waals surface area contributed by atoms with Gasteiger partial charge in [0, 0.05) is 16.5 Å². The predicted octanol–water partition coefficient (Wildman–Crippen LogP) is 2.79. The molecule has 0 aromatic heterocycles. The van der Waals surface area contributed by atoms with Crippen molar-refractivity contribution in [2.24, 2.45) is 11.1 Å². The van der Waals surface area contributed by atoms with Crippen LogP contribution >= 0.6 is 11.8 Å². The maximum absolute atomic E-state index is 9.49. The van der Waals surface area contributed by atoms with Crippen LogP contribution in [-0.2, 0) is 0 Å². The van der Waals surface area contributed by atoms with E-state index in [0.29, 0.717) is 0 Å². The molecule has 2 nitrogen and oxygen atoms in total. The number of aliphatic hydroxyl groups is 1. The Morgan fingerprint density at radius 1 is 1.25 bits per heavy atom. The lowest BCUT2D eigenvalue weighted by atomic mass is 9.85. The van der Waals surface area contributed by atoms with E-state index in [9.17, 15) is 5.11 Å². The molecule has 1 aliphatic rings. The van der Waals surface area contributed by atoms with Crippen molar-refractivity contribution in [3.8, 4) is 0 Å². The van der Waals surface area contributed by atoms with Gasteiger partial charge in [0.1, 0.15) is 0 Å². The molecule has 0 bridgehead atoms. The molecule has 2 atom stereocenters. The summed E-state index contributed by atoms with van der Waals surface area (Å²) in [7, 11) is 0. The highest BCUT2D eigenvalue weighted by molar-refractivity contribution is 8.00. The second kappa shape index (κ2) is 6.27. The molecule has 0 radical (unpaired) electrons. The minimum atomic E-state index is 0.0735. The molecule has 1 rings (SSSR count). The van der Waals surface area contributed by atoms with Gasteiger partial charge in [-0.2, -0.15) is 11.8 Å². The van der Waals surface area contributed by atoms with Crippen molar-refractivity contribution in [1.29, 1.82) is 0 Å². The van der Waals surface area contributed by atoms with Crippen molar-refractivity contribution in [3.63, 3.8) is 0 Å². The fourth-order valence-corrected chi connectivity index (χ4v) is 4.01. The van der Waals surface area contributed by atoms with Crippen LogP contribution in [-0.4, -0.2) is 28.3 Å². The smallest absolute Gasteiger partial charge is 0.0565 e. The van der Waals surface area contributed by atoms with Crippen LogP contribution in [0.1, 0.15) is 52.9 Å². The van der Waals surface area contributed by atoms with Gasteiger partial charge in [0.2, 0.25) is 0 Å². The number of nitrogens with two attached hydrogens (primary N) is 1. The fraction of sp³-hybridized carbons (Fsp3) is 1.00. The normalized spacial score (nSPS) is 23.1. The van der Waals surface area contributed by atoms with Crippen LogP contribution in [0, 0.1) is 5.41 Å². The summed E-state index contributed by atoms with van der Waals surface area (Å²) in [5.74, 6) is 0. The molecule has 1 saturated carbocycles. The second-order valence-corrected chi connectivity index (χ2v) is 7.55. The molecule has 3 heteroatoms. The maximum atomic E-state index is 9.49. The van der Waals surface area contributed by atoms with Gasteiger partial charge in [-0.1, -0.05) is 40.0 Å². The Balaban J connectivity index is 2.47. The summed E-state index contributed by atoms with van der Waals surface area (Å²) in [6, 6.07) is 0.0735. The van der Waals surface area contributed by atoms with E-state index in [0.717, 1.165) is 5.25 Å². The molecular weight excluding hydrogens is 218 g/mol. The number of aliphatic hydroxyl groups excluding tert-OH is 1. The SMILES string of the molecule is CC(C)(C)C(N)C(CO)SC1CCCCC1. The lowest BCUT2D eigenvalue weighted by molar-refractivity contribution is 0.232. The molecule has 0 aromatic carbocycles. The third-order valence-electron chi connectivity index (χ3n) is 3.50. The molecule has 96 valence electrons. The van der Waals surface area contributed by atoms with Gasteiger partial charge in [-0.3, -0.25) is 0 Å². The summed E-state index contributed by atoms with van der Waals surface area (Å²) < 4.78 is 0. The molecule has 16 heavy (non-hydrogen) atoms. The van der Waals surface area contributed by atoms with E-state index in [4.69, 9.17) is 5.73 Å². The zero-order chi connectivity index (χ0) is 12.2. The number of thioether (sulfide) groups is 1. The molecule has 0 aromatic rings. The van der Waals surface area contributed by atoms with Crippen LogP contribution < -0.4 is 5.73 Å². The predicted molar refractivity (Wildman–Crippen MR) is 72.8 cm³/mol. The molecule has 1 fully saturated rings. The zero-order valence-electron chi connectivity index (χ0n) is 10.9. The number of rotatable bonds is 4. The summed E-state index contributed by atoms with van der Waals surface area (Å²) in [5, 5.41) is 10.4. The van der Waals surface area contributed by atoms with Gasteiger partial charge >= 0.3 is 0 Å². The highest BCUT2D eigenvalue weighted by atomic mass is 32.2. The molecule has 0 amide bonds. The first-order chi connectivity index (χ1) is 7.45. The molecule has 0 saturated heterocycles. The standard InChI is InChI=1S/C13H27NOS/c1-13(2,3)12(14)11(9-15)16-10-7-5-4-6-8-10/h10-12,15H,4-9,14H2,1-3H3. The minimum Gasteiger partial charge on any atom is -0.395 e. The lowest BCUT2D eigenvalue weighted by Crippen LogP contribution is -2.46. The van der Waals surface area contributed by atoms with Crippen molar-refractivity contribution in [1.82, 2.24) is 0 Å². The quantitative estimate of drug-likeness (QED) is 0.800. The van der Waals surface area contributed by atoms with E-state index in [2.05, 4.69) is 20.8 Å². The molecular formula is C13H27NOS. The van der Waals surface area contributed by atoms with E-state index < -0.39 is 0 Å². The summed E-state index contributed by atoms with van der Waals surface area (Å²) in [4.78, 5) is 0. The Morgan fingerprint density at radius 2 is 1.81 bits per heavy atom. The highest BCUT2D eigenvalue weighted by Crippen LogP contribution is 2.35. The number of hydrogen-bond acceptors (Lipinski definition) is 3. The lowest BCUT2D eigenvalue weighted by Gasteiger charge is -2.35. The van der Waals surface area contributed by atoms with Gasteiger partial charge in [0.05, 0.1) is 6.61 Å². The van der Waals surface area contributed by atoms with Crippen molar-refractivity contribution in [2.75, 3.05) is 6.61 Å². The minimum absolute atomic E-state index is 0.0735. The van der Waals surface area contributed by atoms with Crippen LogP contribution in [0.4, 0.5) is 0 Å². The average molecular weight is 245 g/mol. The molecule has 2 unspecified atom stereocenters. The fourth-order valence-electron chi connectivity index (χ4n) is 2.25. The van der Waals surface area contributed by atoms with Crippen LogP contribution in [0.3, 0.4) is 0 Å². The van der Waals surface area contributed by atoms with Crippen molar-refractivity contribution in [2.45, 2.75) is 69.4 Å².